The van der Waals surface area contributed by atoms with Crippen molar-refractivity contribution in [3.63, 3.8) is 0 Å². The lowest BCUT2D eigenvalue weighted by Gasteiger charge is -2.24. The van der Waals surface area contributed by atoms with Crippen LogP contribution in [0, 0.1) is 5.92 Å². The third-order valence-corrected chi connectivity index (χ3v) is 6.41. The Kier molecular flexibility index (Phi) is 7.69. The minimum atomic E-state index is -3.04. The number of H-pyrrole nitrogens is 1. The first-order valence-electron chi connectivity index (χ1n) is 9.01. The van der Waals surface area contributed by atoms with Crippen LogP contribution in [-0.4, -0.2) is 66.0 Å². The molecule has 1 aliphatic rings. The van der Waals surface area contributed by atoms with Crippen LogP contribution >= 0.6 is 0 Å². The molecular formula is C17H28N6O3S. The van der Waals surface area contributed by atoms with Crippen LogP contribution in [0.3, 0.4) is 0 Å². The summed E-state index contributed by atoms with van der Waals surface area (Å²) in [7, 11) is -1.17. The summed E-state index contributed by atoms with van der Waals surface area (Å²) < 4.78 is 25.7. The monoisotopic (exact) mass is 396 g/mol. The van der Waals surface area contributed by atoms with Crippen LogP contribution in [0.25, 0.3) is 11.2 Å². The number of sulfonamides is 1. The smallest absolute Gasteiger partial charge is 0.214 e. The van der Waals surface area contributed by atoms with Crippen LogP contribution in [0.15, 0.2) is 18.5 Å². The van der Waals surface area contributed by atoms with E-state index < -0.39 is 10.0 Å². The molecule has 2 aromatic rings. The summed E-state index contributed by atoms with van der Waals surface area (Å²) in [4.78, 5) is 21.1. The van der Waals surface area contributed by atoms with Crippen molar-refractivity contribution >= 4 is 33.4 Å². The number of carbonyl (C=O) groups is 1. The fourth-order valence-corrected chi connectivity index (χ4v) is 5.17. The quantitative estimate of drug-likeness (QED) is 0.605. The number of likely N-dealkylation sites (N-methyl/N-ethyl adjacent to an activating group) is 1. The van der Waals surface area contributed by atoms with Crippen molar-refractivity contribution in [2.45, 2.75) is 32.7 Å². The second-order valence-electron chi connectivity index (χ2n) is 6.87. The number of fused-ring (bicyclic) bond motifs is 1. The average molecular weight is 397 g/mol. The second-order valence-corrected chi connectivity index (χ2v) is 8.83. The lowest BCUT2D eigenvalue weighted by molar-refractivity contribution is -0.105. The normalized spacial score (nSPS) is 17.7. The van der Waals surface area contributed by atoms with Crippen molar-refractivity contribution in [1.29, 1.82) is 0 Å². The first-order chi connectivity index (χ1) is 12.9. The van der Waals surface area contributed by atoms with Crippen LogP contribution in [0.2, 0.25) is 0 Å². The standard InChI is InChI=1S/C10H22N2O2S.C7H6N4O/c1-9(2)8-15(13,14)12-6-4-5-10(12)7-11-3;12-4-10-6-3-9-7-5(11-6)1-2-8-7/h9-11H,4-8H2,1-3H3;1-4H,(H,8,9)(H,10,11,12). The minimum Gasteiger partial charge on any atom is -0.345 e. The van der Waals surface area contributed by atoms with Gasteiger partial charge in [0.2, 0.25) is 16.4 Å². The molecule has 0 radical (unpaired) electrons. The number of hydrogen-bond acceptors (Lipinski definition) is 6. The zero-order valence-corrected chi connectivity index (χ0v) is 16.8. The number of nitrogens with one attached hydrogen (secondary N) is 3. The van der Waals surface area contributed by atoms with Gasteiger partial charge in [-0.2, -0.15) is 4.31 Å². The zero-order valence-electron chi connectivity index (χ0n) is 16.0. The van der Waals surface area contributed by atoms with Crippen LogP contribution in [0.4, 0.5) is 5.82 Å². The Morgan fingerprint density at radius 2 is 2.22 bits per heavy atom. The molecule has 3 N–H and O–H groups in total. The number of amides is 1. The zero-order chi connectivity index (χ0) is 19.9. The number of hydrogen-bond donors (Lipinski definition) is 3. The summed E-state index contributed by atoms with van der Waals surface area (Å²) in [6.07, 6.45) is 5.78. The van der Waals surface area contributed by atoms with E-state index >= 15 is 0 Å². The molecule has 1 amide bonds. The molecule has 0 saturated carbocycles. The van der Waals surface area contributed by atoms with Gasteiger partial charge in [0.15, 0.2) is 11.5 Å². The molecule has 10 heteroatoms. The largest absolute Gasteiger partial charge is 0.345 e. The van der Waals surface area contributed by atoms with E-state index in [0.717, 1.165) is 24.9 Å². The summed E-state index contributed by atoms with van der Waals surface area (Å²) in [5.74, 6) is 0.927. The fourth-order valence-electron chi connectivity index (χ4n) is 3.09. The van der Waals surface area contributed by atoms with Crippen LogP contribution in [0.5, 0.6) is 0 Å². The highest BCUT2D eigenvalue weighted by Crippen LogP contribution is 2.21. The van der Waals surface area contributed by atoms with Gasteiger partial charge in [-0.05, 0) is 31.9 Å². The van der Waals surface area contributed by atoms with E-state index in [1.807, 2.05) is 20.9 Å². The van der Waals surface area contributed by atoms with Crippen molar-refractivity contribution in [3.8, 4) is 0 Å². The molecule has 1 atom stereocenters. The van der Waals surface area contributed by atoms with Crippen LogP contribution < -0.4 is 10.6 Å². The van der Waals surface area contributed by atoms with Crippen molar-refractivity contribution in [3.05, 3.63) is 18.5 Å². The van der Waals surface area contributed by atoms with Crippen molar-refractivity contribution < 1.29 is 13.2 Å². The van der Waals surface area contributed by atoms with E-state index in [2.05, 4.69) is 25.6 Å². The SMILES string of the molecule is CNCC1CCCN1S(=O)(=O)CC(C)C.O=CNc1cnc2[nH]ccc2n1. The third kappa shape index (κ3) is 5.98. The number of carbonyl (C=O) groups excluding carboxylic acids is 1. The summed E-state index contributed by atoms with van der Waals surface area (Å²) in [5, 5.41) is 5.48. The summed E-state index contributed by atoms with van der Waals surface area (Å²) in [6, 6.07) is 1.96. The fraction of sp³-hybridized carbons (Fsp3) is 0.588. The van der Waals surface area contributed by atoms with Gasteiger partial charge in [0.25, 0.3) is 0 Å². The predicted molar refractivity (Wildman–Crippen MR) is 106 cm³/mol. The molecule has 3 heterocycles. The van der Waals surface area contributed by atoms with Gasteiger partial charge in [-0.25, -0.2) is 18.4 Å². The molecule has 1 fully saturated rings. The molecule has 0 spiro atoms. The highest BCUT2D eigenvalue weighted by Gasteiger charge is 2.33. The van der Waals surface area contributed by atoms with Crippen LogP contribution in [0.1, 0.15) is 26.7 Å². The van der Waals surface area contributed by atoms with Crippen molar-refractivity contribution in [2.75, 3.05) is 31.2 Å². The lowest BCUT2D eigenvalue weighted by atomic mass is 10.2. The van der Waals surface area contributed by atoms with E-state index in [1.165, 1.54) is 6.20 Å². The summed E-state index contributed by atoms with van der Waals surface area (Å²) in [6.45, 7) is 5.35. The molecule has 150 valence electrons. The molecule has 27 heavy (non-hydrogen) atoms. The van der Waals surface area contributed by atoms with Gasteiger partial charge in [0.05, 0.1) is 11.9 Å². The summed E-state index contributed by atoms with van der Waals surface area (Å²) >= 11 is 0. The van der Waals surface area contributed by atoms with Gasteiger partial charge in [-0.15, -0.1) is 0 Å². The molecule has 0 aliphatic carbocycles. The van der Waals surface area contributed by atoms with Crippen LogP contribution in [-0.2, 0) is 14.8 Å². The van der Waals surface area contributed by atoms with Gasteiger partial charge >= 0.3 is 0 Å². The van der Waals surface area contributed by atoms with E-state index in [0.29, 0.717) is 24.4 Å². The average Bonchev–Trinajstić information content (AvgIpc) is 3.24. The second kappa shape index (κ2) is 9.77. The Morgan fingerprint density at radius 1 is 1.44 bits per heavy atom. The Hall–Kier alpha value is -2.04. The molecule has 1 unspecified atom stereocenters. The number of nitrogens with zero attached hydrogens (tertiary/aromatic N) is 3. The molecule has 2 aromatic heterocycles. The van der Waals surface area contributed by atoms with Gasteiger partial charge in [0, 0.05) is 25.3 Å². The maximum absolute atomic E-state index is 12.0. The number of aromatic nitrogens is 3. The number of rotatable bonds is 7. The maximum atomic E-state index is 12.0. The third-order valence-electron chi connectivity index (χ3n) is 4.13. The lowest BCUT2D eigenvalue weighted by Crippen LogP contribution is -2.42. The number of aromatic amines is 1. The Labute approximate surface area is 160 Å². The summed E-state index contributed by atoms with van der Waals surface area (Å²) in [5.41, 5.74) is 1.45. The molecule has 1 saturated heterocycles. The molecule has 0 aromatic carbocycles. The molecule has 0 bridgehead atoms. The van der Waals surface area contributed by atoms with Gasteiger partial charge in [-0.1, -0.05) is 13.8 Å². The highest BCUT2D eigenvalue weighted by atomic mass is 32.2. The first-order valence-corrected chi connectivity index (χ1v) is 10.6. The first kappa shape index (κ1) is 21.3. The predicted octanol–water partition coefficient (Wildman–Crippen LogP) is 1.18. The van der Waals surface area contributed by atoms with Gasteiger partial charge in [0.1, 0.15) is 5.52 Å². The Balaban J connectivity index is 0.000000198. The molecular weight excluding hydrogens is 368 g/mol. The molecule has 9 nitrogen and oxygen atoms in total. The van der Waals surface area contributed by atoms with Gasteiger partial charge < -0.3 is 15.6 Å². The molecule has 1 aliphatic heterocycles. The topological polar surface area (TPSA) is 120 Å². The molecule has 3 rings (SSSR count). The van der Waals surface area contributed by atoms with Crippen molar-refractivity contribution in [1.82, 2.24) is 24.6 Å². The number of anilines is 1. The minimum absolute atomic E-state index is 0.166. The van der Waals surface area contributed by atoms with Gasteiger partial charge in [-0.3, -0.25) is 4.79 Å². The van der Waals surface area contributed by atoms with E-state index in [-0.39, 0.29) is 17.7 Å². The highest BCUT2D eigenvalue weighted by molar-refractivity contribution is 7.89. The van der Waals surface area contributed by atoms with E-state index in [4.69, 9.17) is 0 Å². The van der Waals surface area contributed by atoms with E-state index in [1.54, 1.807) is 16.6 Å². The van der Waals surface area contributed by atoms with E-state index in [9.17, 15) is 13.2 Å². The Morgan fingerprint density at radius 3 is 2.89 bits per heavy atom. The van der Waals surface area contributed by atoms with Crippen molar-refractivity contribution in [2.24, 2.45) is 5.92 Å². The Bertz CT molecular complexity index is 836. The maximum Gasteiger partial charge on any atom is 0.214 e.